The van der Waals surface area contributed by atoms with Crippen LogP contribution in [0.4, 0.5) is 0 Å². The number of fused-ring (bicyclic) bond motifs is 1. The zero-order valence-corrected chi connectivity index (χ0v) is 13.3. The Bertz CT molecular complexity index is 671. The van der Waals surface area contributed by atoms with Crippen molar-refractivity contribution >= 4 is 16.1 Å². The van der Waals surface area contributed by atoms with Crippen LogP contribution in [0.25, 0.3) is 6.08 Å². The van der Waals surface area contributed by atoms with E-state index in [0.29, 0.717) is 18.0 Å². The van der Waals surface area contributed by atoms with Crippen LogP contribution >= 0.6 is 0 Å². The summed E-state index contributed by atoms with van der Waals surface area (Å²) in [4.78, 5) is 0.358. The molecule has 0 amide bonds. The third-order valence-electron chi connectivity index (χ3n) is 3.97. The van der Waals surface area contributed by atoms with Crippen LogP contribution in [0.5, 0.6) is 5.75 Å². The van der Waals surface area contributed by atoms with Gasteiger partial charge in [-0.2, -0.15) is 4.31 Å². The van der Waals surface area contributed by atoms with Crippen LogP contribution in [0, 0.1) is 0 Å². The van der Waals surface area contributed by atoms with Gasteiger partial charge in [0.15, 0.2) is 0 Å². The van der Waals surface area contributed by atoms with Gasteiger partial charge in [-0.1, -0.05) is 12.5 Å². The van der Waals surface area contributed by atoms with Gasteiger partial charge in [0, 0.05) is 18.7 Å². The molecule has 1 aromatic rings. The van der Waals surface area contributed by atoms with Crippen molar-refractivity contribution in [2.24, 2.45) is 0 Å². The predicted octanol–water partition coefficient (Wildman–Crippen LogP) is 3.05. The van der Waals surface area contributed by atoms with Crippen molar-refractivity contribution in [3.05, 3.63) is 29.8 Å². The van der Waals surface area contributed by atoms with Crippen LogP contribution in [-0.4, -0.2) is 31.4 Å². The van der Waals surface area contributed by atoms with Crippen molar-refractivity contribution in [2.45, 2.75) is 43.6 Å². The van der Waals surface area contributed by atoms with E-state index in [-0.39, 0.29) is 5.60 Å². The lowest BCUT2D eigenvalue weighted by Gasteiger charge is -2.29. The molecule has 3 rings (SSSR count). The largest absolute Gasteiger partial charge is 0.483 e. The lowest BCUT2D eigenvalue weighted by Crippen LogP contribution is -2.35. The zero-order valence-electron chi connectivity index (χ0n) is 12.5. The molecule has 0 spiro atoms. The second-order valence-corrected chi connectivity index (χ2v) is 8.14. The highest BCUT2D eigenvalue weighted by atomic mass is 32.2. The van der Waals surface area contributed by atoms with Crippen molar-refractivity contribution in [1.82, 2.24) is 4.31 Å². The molecular formula is C16H21NO3S. The Balaban J connectivity index is 1.94. The highest BCUT2D eigenvalue weighted by molar-refractivity contribution is 7.89. The predicted molar refractivity (Wildman–Crippen MR) is 82.8 cm³/mol. The number of nitrogens with zero attached hydrogens (tertiary/aromatic N) is 1. The van der Waals surface area contributed by atoms with E-state index in [1.54, 1.807) is 22.5 Å². The average molecular weight is 307 g/mol. The summed E-state index contributed by atoms with van der Waals surface area (Å²) in [5.74, 6) is 0.736. The van der Waals surface area contributed by atoms with Crippen LogP contribution < -0.4 is 4.74 Å². The normalized spacial score (nSPS) is 21.6. The Morgan fingerprint density at radius 2 is 1.86 bits per heavy atom. The Labute approximate surface area is 126 Å². The minimum atomic E-state index is -3.38. The Morgan fingerprint density at radius 1 is 1.14 bits per heavy atom. The fourth-order valence-electron chi connectivity index (χ4n) is 2.77. The first-order chi connectivity index (χ1) is 9.88. The van der Waals surface area contributed by atoms with Crippen LogP contribution in [0.2, 0.25) is 0 Å². The van der Waals surface area contributed by atoms with Gasteiger partial charge in [0.05, 0.1) is 4.90 Å². The van der Waals surface area contributed by atoms with E-state index < -0.39 is 10.0 Å². The third kappa shape index (κ3) is 2.85. The smallest absolute Gasteiger partial charge is 0.243 e. The maximum Gasteiger partial charge on any atom is 0.243 e. The van der Waals surface area contributed by atoms with Crippen molar-refractivity contribution in [3.8, 4) is 5.75 Å². The number of ether oxygens (including phenoxy) is 1. The summed E-state index contributed by atoms with van der Waals surface area (Å²) >= 11 is 0. The second-order valence-electron chi connectivity index (χ2n) is 6.20. The molecule has 0 atom stereocenters. The van der Waals surface area contributed by atoms with Crippen molar-refractivity contribution in [2.75, 3.05) is 13.1 Å². The molecule has 0 bridgehead atoms. The summed E-state index contributed by atoms with van der Waals surface area (Å²) in [5, 5.41) is 0. The fraction of sp³-hybridized carbons (Fsp3) is 0.500. The third-order valence-corrected chi connectivity index (χ3v) is 5.87. The molecule has 21 heavy (non-hydrogen) atoms. The maximum absolute atomic E-state index is 12.7. The maximum atomic E-state index is 12.7. The molecule has 2 aliphatic heterocycles. The number of piperidine rings is 1. The highest BCUT2D eigenvalue weighted by Gasteiger charge is 2.28. The van der Waals surface area contributed by atoms with Gasteiger partial charge in [-0.05, 0) is 51.0 Å². The molecule has 0 unspecified atom stereocenters. The SMILES string of the molecule is CC1(C)C=Cc2cc(S(=O)(=O)N3CCCCC3)ccc2O1. The van der Waals surface area contributed by atoms with Crippen molar-refractivity contribution in [1.29, 1.82) is 0 Å². The molecule has 0 aromatic heterocycles. The molecule has 1 aromatic carbocycles. The van der Waals surface area contributed by atoms with Crippen molar-refractivity contribution in [3.63, 3.8) is 0 Å². The average Bonchev–Trinajstić information content (AvgIpc) is 2.46. The van der Waals surface area contributed by atoms with Crippen LogP contribution in [0.3, 0.4) is 0 Å². The van der Waals surface area contributed by atoms with Gasteiger partial charge >= 0.3 is 0 Å². The number of hydrogen-bond donors (Lipinski definition) is 0. The number of sulfonamides is 1. The van der Waals surface area contributed by atoms with Gasteiger partial charge in [-0.15, -0.1) is 0 Å². The fourth-order valence-corrected chi connectivity index (χ4v) is 4.33. The summed E-state index contributed by atoms with van der Waals surface area (Å²) < 4.78 is 32.8. The molecule has 2 aliphatic rings. The summed E-state index contributed by atoms with van der Waals surface area (Å²) in [6, 6.07) is 5.13. The van der Waals surface area contributed by atoms with E-state index in [2.05, 4.69) is 0 Å². The number of benzene rings is 1. The molecule has 4 nitrogen and oxygen atoms in total. The topological polar surface area (TPSA) is 46.6 Å². The summed E-state index contributed by atoms with van der Waals surface area (Å²) in [7, 11) is -3.38. The summed E-state index contributed by atoms with van der Waals surface area (Å²) in [5.41, 5.74) is 0.479. The van der Waals surface area contributed by atoms with Gasteiger partial charge in [-0.3, -0.25) is 0 Å². The minimum absolute atomic E-state index is 0.347. The van der Waals surface area contributed by atoms with Gasteiger partial charge in [0.25, 0.3) is 0 Å². The molecule has 0 saturated carbocycles. The van der Waals surface area contributed by atoms with Crippen molar-refractivity contribution < 1.29 is 13.2 Å². The van der Waals surface area contributed by atoms with E-state index in [0.717, 1.165) is 30.6 Å². The number of rotatable bonds is 2. The van der Waals surface area contributed by atoms with Crippen LogP contribution in [0.1, 0.15) is 38.7 Å². The summed E-state index contributed by atoms with van der Waals surface area (Å²) in [6.45, 7) is 5.20. The van der Waals surface area contributed by atoms with E-state index in [9.17, 15) is 8.42 Å². The van der Waals surface area contributed by atoms with Gasteiger partial charge in [0.1, 0.15) is 11.4 Å². The van der Waals surface area contributed by atoms with Gasteiger partial charge < -0.3 is 4.74 Å². The van der Waals surface area contributed by atoms with E-state index >= 15 is 0 Å². The molecule has 114 valence electrons. The Morgan fingerprint density at radius 3 is 2.57 bits per heavy atom. The van der Waals surface area contributed by atoms with E-state index in [4.69, 9.17) is 4.74 Å². The minimum Gasteiger partial charge on any atom is -0.483 e. The summed E-state index contributed by atoms with van der Waals surface area (Å²) in [6.07, 6.45) is 6.89. The molecule has 2 heterocycles. The molecule has 1 fully saturated rings. The van der Waals surface area contributed by atoms with E-state index in [1.165, 1.54) is 0 Å². The number of hydrogen-bond acceptors (Lipinski definition) is 3. The zero-order chi connectivity index (χ0) is 15.1. The Hall–Kier alpha value is -1.33. The second kappa shape index (κ2) is 5.14. The molecule has 1 saturated heterocycles. The lowest BCUT2D eigenvalue weighted by atomic mass is 10.0. The molecule has 0 radical (unpaired) electrons. The first-order valence-corrected chi connectivity index (χ1v) is 8.85. The standard InChI is InChI=1S/C16H21NO3S/c1-16(2)9-8-13-12-14(6-7-15(13)20-16)21(18,19)17-10-4-3-5-11-17/h6-9,12H,3-5,10-11H2,1-2H3. The lowest BCUT2D eigenvalue weighted by molar-refractivity contribution is 0.159. The van der Waals surface area contributed by atoms with Gasteiger partial charge in [0.2, 0.25) is 10.0 Å². The van der Waals surface area contributed by atoms with Crippen LogP contribution in [-0.2, 0) is 10.0 Å². The highest BCUT2D eigenvalue weighted by Crippen LogP contribution is 2.33. The monoisotopic (exact) mass is 307 g/mol. The molecule has 0 aliphatic carbocycles. The molecular weight excluding hydrogens is 286 g/mol. The molecule has 5 heteroatoms. The van der Waals surface area contributed by atoms with Gasteiger partial charge in [-0.25, -0.2) is 8.42 Å². The van der Waals surface area contributed by atoms with E-state index in [1.807, 2.05) is 26.0 Å². The van der Waals surface area contributed by atoms with Crippen LogP contribution in [0.15, 0.2) is 29.2 Å². The quantitative estimate of drug-likeness (QED) is 0.843. The first-order valence-electron chi connectivity index (χ1n) is 7.41. The molecule has 0 N–H and O–H groups in total. The first kappa shape index (κ1) is 14.6. The Kier molecular flexibility index (Phi) is 3.58.